The maximum atomic E-state index is 13.3. The standard InChI is InChI=1S/C25H24N4O3/c1-25-14-13-23(31)29(25)21-11-3-2-7-18(21)24(32)28(25)16-6-12-22(30)27-20-10-4-9-19-17(20)8-5-15-26-19/h2-5,7-11,15H,6,12-14,16H2,1H3,(H,27,30). The number of para-hydroxylation sites is 1. The summed E-state index contributed by atoms with van der Waals surface area (Å²) in [6, 6.07) is 16.6. The summed E-state index contributed by atoms with van der Waals surface area (Å²) in [5, 5.41) is 3.85. The first kappa shape index (κ1) is 20.2. The number of pyridine rings is 1. The van der Waals surface area contributed by atoms with Crippen molar-refractivity contribution in [3.63, 3.8) is 0 Å². The van der Waals surface area contributed by atoms with Gasteiger partial charge in [0.25, 0.3) is 5.91 Å². The van der Waals surface area contributed by atoms with Crippen LogP contribution in [-0.2, 0) is 9.59 Å². The molecule has 3 aromatic rings. The molecule has 0 radical (unpaired) electrons. The van der Waals surface area contributed by atoms with Crippen LogP contribution in [0, 0.1) is 0 Å². The molecule has 1 aromatic heterocycles. The highest BCUT2D eigenvalue weighted by Crippen LogP contribution is 2.44. The molecule has 3 amide bonds. The van der Waals surface area contributed by atoms with Gasteiger partial charge in [0.1, 0.15) is 5.66 Å². The fourth-order valence-electron chi connectivity index (χ4n) is 4.86. The average molecular weight is 428 g/mol. The summed E-state index contributed by atoms with van der Waals surface area (Å²) in [6.07, 6.45) is 3.48. The van der Waals surface area contributed by atoms with Gasteiger partial charge in [-0.2, -0.15) is 0 Å². The third kappa shape index (κ3) is 3.21. The van der Waals surface area contributed by atoms with Gasteiger partial charge in [0.2, 0.25) is 11.8 Å². The Morgan fingerprint density at radius 1 is 1.09 bits per heavy atom. The normalized spacial score (nSPS) is 19.8. The largest absolute Gasteiger partial charge is 0.325 e. The number of nitrogens with one attached hydrogen (secondary N) is 1. The number of hydrogen-bond acceptors (Lipinski definition) is 4. The number of rotatable bonds is 5. The van der Waals surface area contributed by atoms with Crippen LogP contribution in [0.4, 0.5) is 11.4 Å². The molecule has 1 N–H and O–H groups in total. The highest BCUT2D eigenvalue weighted by atomic mass is 16.2. The van der Waals surface area contributed by atoms with E-state index in [1.54, 1.807) is 22.1 Å². The first-order valence-corrected chi connectivity index (χ1v) is 10.9. The zero-order chi connectivity index (χ0) is 22.3. The minimum Gasteiger partial charge on any atom is -0.325 e. The Hall–Kier alpha value is -3.74. The Balaban J connectivity index is 1.30. The zero-order valence-electron chi connectivity index (χ0n) is 17.9. The number of benzene rings is 2. The van der Waals surface area contributed by atoms with Gasteiger partial charge >= 0.3 is 0 Å². The summed E-state index contributed by atoms with van der Waals surface area (Å²) in [6.45, 7) is 2.34. The van der Waals surface area contributed by atoms with E-state index >= 15 is 0 Å². The Labute approximate surface area is 186 Å². The predicted molar refractivity (Wildman–Crippen MR) is 122 cm³/mol. The minimum absolute atomic E-state index is 0.0276. The molecule has 162 valence electrons. The number of anilines is 2. The number of hydrogen-bond donors (Lipinski definition) is 1. The van der Waals surface area contributed by atoms with Gasteiger partial charge in [0, 0.05) is 31.0 Å². The van der Waals surface area contributed by atoms with Gasteiger partial charge in [-0.3, -0.25) is 24.3 Å². The predicted octanol–water partition coefficient (Wildman–Crippen LogP) is 3.95. The summed E-state index contributed by atoms with van der Waals surface area (Å²) in [4.78, 5) is 46.4. The minimum atomic E-state index is -0.694. The van der Waals surface area contributed by atoms with Crippen LogP contribution >= 0.6 is 0 Å². The van der Waals surface area contributed by atoms with Crippen molar-refractivity contribution < 1.29 is 14.4 Å². The van der Waals surface area contributed by atoms with E-state index < -0.39 is 5.66 Å². The zero-order valence-corrected chi connectivity index (χ0v) is 17.9. The fraction of sp³-hybridized carbons (Fsp3) is 0.280. The molecule has 0 bridgehead atoms. The number of nitrogens with zero attached hydrogens (tertiary/aromatic N) is 3. The Kier molecular flexibility index (Phi) is 4.89. The van der Waals surface area contributed by atoms with Crippen molar-refractivity contribution in [3.05, 3.63) is 66.4 Å². The maximum Gasteiger partial charge on any atom is 0.257 e. The molecule has 2 aliphatic rings. The van der Waals surface area contributed by atoms with Gasteiger partial charge in [0.15, 0.2) is 0 Å². The first-order chi connectivity index (χ1) is 15.5. The van der Waals surface area contributed by atoms with E-state index in [9.17, 15) is 14.4 Å². The van der Waals surface area contributed by atoms with E-state index in [-0.39, 0.29) is 24.1 Å². The second-order valence-electron chi connectivity index (χ2n) is 8.45. The van der Waals surface area contributed by atoms with E-state index in [0.29, 0.717) is 37.1 Å². The molecule has 1 saturated heterocycles. The van der Waals surface area contributed by atoms with Crippen LogP contribution < -0.4 is 10.2 Å². The molecule has 0 aliphatic carbocycles. The lowest BCUT2D eigenvalue weighted by Gasteiger charge is -2.48. The highest BCUT2D eigenvalue weighted by Gasteiger charge is 2.52. The van der Waals surface area contributed by atoms with Gasteiger partial charge in [-0.15, -0.1) is 0 Å². The van der Waals surface area contributed by atoms with Crippen molar-refractivity contribution >= 4 is 40.0 Å². The van der Waals surface area contributed by atoms with Gasteiger partial charge < -0.3 is 10.2 Å². The average Bonchev–Trinajstić information content (AvgIpc) is 3.11. The summed E-state index contributed by atoms with van der Waals surface area (Å²) in [5.74, 6) is -0.176. The fourth-order valence-corrected chi connectivity index (χ4v) is 4.86. The van der Waals surface area contributed by atoms with Gasteiger partial charge in [-0.05, 0) is 56.2 Å². The van der Waals surface area contributed by atoms with Crippen molar-refractivity contribution in [1.29, 1.82) is 0 Å². The van der Waals surface area contributed by atoms with Crippen molar-refractivity contribution in [2.24, 2.45) is 0 Å². The summed E-state index contributed by atoms with van der Waals surface area (Å²) in [7, 11) is 0. The number of carbonyl (C=O) groups excluding carboxylic acids is 3. The second kappa shape index (κ2) is 7.75. The maximum absolute atomic E-state index is 13.3. The number of carbonyl (C=O) groups is 3. The van der Waals surface area contributed by atoms with Crippen LogP contribution in [0.3, 0.4) is 0 Å². The SMILES string of the molecule is CC12CCC(=O)N1c1ccccc1C(=O)N2CCCC(=O)Nc1cccc2ncccc12. The van der Waals surface area contributed by atoms with Crippen LogP contribution in [0.2, 0.25) is 0 Å². The molecule has 1 fully saturated rings. The number of amides is 3. The van der Waals surface area contributed by atoms with Gasteiger partial charge in [-0.1, -0.05) is 18.2 Å². The molecule has 3 heterocycles. The van der Waals surface area contributed by atoms with Crippen LogP contribution in [-0.4, -0.2) is 39.8 Å². The molecule has 7 nitrogen and oxygen atoms in total. The lowest BCUT2D eigenvalue weighted by Crippen LogP contribution is -2.62. The highest BCUT2D eigenvalue weighted by molar-refractivity contribution is 6.10. The van der Waals surface area contributed by atoms with E-state index in [2.05, 4.69) is 10.3 Å². The molecule has 2 aromatic carbocycles. The molecule has 5 rings (SSSR count). The van der Waals surface area contributed by atoms with Gasteiger partial charge in [0.05, 0.1) is 22.5 Å². The summed E-state index contributed by atoms with van der Waals surface area (Å²) >= 11 is 0. The lowest BCUT2D eigenvalue weighted by atomic mass is 9.98. The summed E-state index contributed by atoms with van der Waals surface area (Å²) < 4.78 is 0. The van der Waals surface area contributed by atoms with E-state index in [4.69, 9.17) is 0 Å². The third-order valence-electron chi connectivity index (χ3n) is 6.45. The Morgan fingerprint density at radius 3 is 2.81 bits per heavy atom. The Bertz CT molecular complexity index is 1240. The molecule has 7 heteroatoms. The third-order valence-corrected chi connectivity index (χ3v) is 6.45. The first-order valence-electron chi connectivity index (χ1n) is 10.9. The molecular weight excluding hydrogens is 404 g/mol. The monoisotopic (exact) mass is 428 g/mol. The van der Waals surface area contributed by atoms with E-state index in [1.165, 1.54) is 0 Å². The lowest BCUT2D eigenvalue weighted by molar-refractivity contribution is -0.118. The van der Waals surface area contributed by atoms with Crippen molar-refractivity contribution in [2.45, 2.75) is 38.3 Å². The number of aromatic nitrogens is 1. The molecule has 0 saturated carbocycles. The van der Waals surface area contributed by atoms with Crippen LogP contribution in [0.15, 0.2) is 60.8 Å². The molecular formula is C25H24N4O3. The van der Waals surface area contributed by atoms with Crippen molar-refractivity contribution in [2.75, 3.05) is 16.8 Å². The number of fused-ring (bicyclic) bond motifs is 4. The van der Waals surface area contributed by atoms with Crippen LogP contribution in [0.1, 0.15) is 43.0 Å². The molecule has 2 aliphatic heterocycles. The molecule has 1 unspecified atom stereocenters. The van der Waals surface area contributed by atoms with Crippen molar-refractivity contribution in [1.82, 2.24) is 9.88 Å². The molecule has 32 heavy (non-hydrogen) atoms. The molecule has 1 atom stereocenters. The smallest absolute Gasteiger partial charge is 0.257 e. The van der Waals surface area contributed by atoms with Crippen LogP contribution in [0.5, 0.6) is 0 Å². The van der Waals surface area contributed by atoms with Crippen LogP contribution in [0.25, 0.3) is 10.9 Å². The molecule has 0 spiro atoms. The topological polar surface area (TPSA) is 82.6 Å². The van der Waals surface area contributed by atoms with E-state index in [0.717, 1.165) is 16.6 Å². The van der Waals surface area contributed by atoms with Crippen molar-refractivity contribution in [3.8, 4) is 0 Å². The Morgan fingerprint density at radius 2 is 1.94 bits per heavy atom. The van der Waals surface area contributed by atoms with E-state index in [1.807, 2.05) is 55.5 Å². The second-order valence-corrected chi connectivity index (χ2v) is 8.45. The summed E-state index contributed by atoms with van der Waals surface area (Å²) in [5.41, 5.74) is 2.07. The van der Waals surface area contributed by atoms with Gasteiger partial charge in [-0.25, -0.2) is 0 Å². The quantitative estimate of drug-likeness (QED) is 0.667.